The van der Waals surface area contributed by atoms with Gasteiger partial charge in [-0.25, -0.2) is 4.79 Å². The van der Waals surface area contributed by atoms with Crippen LogP contribution in [0.4, 0.5) is 0 Å². The van der Waals surface area contributed by atoms with Gasteiger partial charge in [0, 0.05) is 17.9 Å². The van der Waals surface area contributed by atoms with Gasteiger partial charge in [-0.15, -0.1) is 0 Å². The van der Waals surface area contributed by atoms with Crippen molar-refractivity contribution in [2.45, 2.75) is 30.7 Å². The first-order valence-corrected chi connectivity index (χ1v) is 10.3. The summed E-state index contributed by atoms with van der Waals surface area (Å²) in [7, 11) is 5.41. The number of nitrogens with zero attached hydrogens (tertiary/aromatic N) is 2. The van der Waals surface area contributed by atoms with Crippen molar-refractivity contribution in [3.8, 4) is 17.6 Å². The molecule has 0 radical (unpaired) electrons. The summed E-state index contributed by atoms with van der Waals surface area (Å²) in [4.78, 5) is 14.9. The van der Waals surface area contributed by atoms with Crippen LogP contribution in [0.25, 0.3) is 0 Å². The Morgan fingerprint density at radius 2 is 1.87 bits per heavy atom. The lowest BCUT2D eigenvalue weighted by atomic mass is 9.68. The molecule has 2 aromatic rings. The standard InChI is InChI=1S/C25H26N2O4/c1-27-13-12-25(19-8-9-21(29-2)22(14-19)30-3)11-10-20(15-23(25)27)31-24(28)18-6-4-17(16-26)5-7-18/h4-10,14,23H,11-13,15H2,1-3H3. The van der Waals surface area contributed by atoms with Gasteiger partial charge in [-0.2, -0.15) is 5.26 Å². The predicted octanol–water partition coefficient (Wildman–Crippen LogP) is 4.05. The molecule has 6 heteroatoms. The van der Waals surface area contributed by atoms with Gasteiger partial charge in [0.25, 0.3) is 0 Å². The van der Waals surface area contributed by atoms with Crippen LogP contribution in [0.15, 0.2) is 54.3 Å². The zero-order valence-corrected chi connectivity index (χ0v) is 18.1. The Hall–Kier alpha value is -3.30. The van der Waals surface area contributed by atoms with Crippen LogP contribution in [0.5, 0.6) is 11.5 Å². The van der Waals surface area contributed by atoms with E-state index in [1.807, 2.05) is 12.1 Å². The summed E-state index contributed by atoms with van der Waals surface area (Å²) in [5, 5.41) is 8.93. The molecule has 160 valence electrons. The van der Waals surface area contributed by atoms with Gasteiger partial charge in [-0.05, 0) is 74.5 Å². The number of carbonyl (C=O) groups excluding carboxylic acids is 1. The summed E-state index contributed by atoms with van der Waals surface area (Å²) in [6.45, 7) is 0.976. The maximum absolute atomic E-state index is 12.6. The van der Waals surface area contributed by atoms with Crippen molar-refractivity contribution in [3.63, 3.8) is 0 Å². The van der Waals surface area contributed by atoms with Crippen LogP contribution < -0.4 is 9.47 Å². The molecule has 0 amide bonds. The van der Waals surface area contributed by atoms with Crippen molar-refractivity contribution in [3.05, 3.63) is 71.0 Å². The van der Waals surface area contributed by atoms with E-state index in [1.54, 1.807) is 38.5 Å². The molecule has 2 aliphatic rings. The van der Waals surface area contributed by atoms with E-state index in [4.69, 9.17) is 19.5 Å². The van der Waals surface area contributed by atoms with Crippen molar-refractivity contribution < 1.29 is 19.0 Å². The van der Waals surface area contributed by atoms with E-state index in [9.17, 15) is 4.79 Å². The largest absolute Gasteiger partial charge is 0.493 e. The third-order valence-corrected chi connectivity index (χ3v) is 6.60. The molecule has 1 aliphatic carbocycles. The zero-order chi connectivity index (χ0) is 22.0. The number of nitriles is 1. The van der Waals surface area contributed by atoms with E-state index in [-0.39, 0.29) is 11.5 Å². The van der Waals surface area contributed by atoms with Gasteiger partial charge in [0.2, 0.25) is 0 Å². The number of hydrogen-bond donors (Lipinski definition) is 0. The average Bonchev–Trinajstić information content (AvgIpc) is 3.15. The third-order valence-electron chi connectivity index (χ3n) is 6.60. The van der Waals surface area contributed by atoms with Gasteiger partial charge in [0.15, 0.2) is 11.5 Å². The topological polar surface area (TPSA) is 71.8 Å². The summed E-state index contributed by atoms with van der Waals surface area (Å²) in [5.41, 5.74) is 2.11. The zero-order valence-electron chi connectivity index (χ0n) is 18.1. The van der Waals surface area contributed by atoms with Gasteiger partial charge in [0.1, 0.15) is 5.76 Å². The lowest BCUT2D eigenvalue weighted by Gasteiger charge is -2.40. The van der Waals surface area contributed by atoms with Crippen LogP contribution in [-0.2, 0) is 10.2 Å². The van der Waals surface area contributed by atoms with Crippen LogP contribution in [0, 0.1) is 11.3 Å². The molecule has 1 heterocycles. The van der Waals surface area contributed by atoms with E-state index in [2.05, 4.69) is 30.1 Å². The van der Waals surface area contributed by atoms with Crippen molar-refractivity contribution in [1.29, 1.82) is 5.26 Å². The summed E-state index contributed by atoms with van der Waals surface area (Å²) in [5.74, 6) is 1.75. The fourth-order valence-electron chi connectivity index (χ4n) is 4.82. The maximum Gasteiger partial charge on any atom is 0.343 e. The Morgan fingerprint density at radius 3 is 2.55 bits per heavy atom. The fourth-order valence-corrected chi connectivity index (χ4v) is 4.82. The minimum Gasteiger partial charge on any atom is -0.493 e. The van der Waals surface area contributed by atoms with E-state index in [0.717, 1.165) is 25.1 Å². The minimum absolute atomic E-state index is 0.0569. The molecule has 2 aromatic carbocycles. The van der Waals surface area contributed by atoms with Gasteiger partial charge in [-0.1, -0.05) is 6.07 Å². The van der Waals surface area contributed by atoms with Gasteiger partial charge >= 0.3 is 5.97 Å². The number of carbonyl (C=O) groups is 1. The second-order valence-corrected chi connectivity index (χ2v) is 8.13. The second-order valence-electron chi connectivity index (χ2n) is 8.13. The van der Waals surface area contributed by atoms with Crippen LogP contribution in [0.1, 0.15) is 40.7 Å². The molecule has 0 aromatic heterocycles. The summed E-state index contributed by atoms with van der Waals surface area (Å²) >= 11 is 0. The SMILES string of the molecule is COc1ccc(C23CC=C(OC(=O)c4ccc(C#N)cc4)CC2N(C)CC3)cc1OC. The van der Waals surface area contributed by atoms with E-state index in [1.165, 1.54) is 5.56 Å². The minimum atomic E-state index is -0.394. The van der Waals surface area contributed by atoms with E-state index >= 15 is 0 Å². The number of fused-ring (bicyclic) bond motifs is 1. The Labute approximate surface area is 182 Å². The van der Waals surface area contributed by atoms with Gasteiger partial charge in [-0.3, -0.25) is 0 Å². The lowest BCUT2D eigenvalue weighted by molar-refractivity contribution is 0.0579. The van der Waals surface area contributed by atoms with Crippen molar-refractivity contribution in [2.24, 2.45) is 0 Å². The highest BCUT2D eigenvalue weighted by atomic mass is 16.5. The number of methoxy groups -OCH3 is 2. The molecule has 6 nitrogen and oxygen atoms in total. The molecule has 2 atom stereocenters. The van der Waals surface area contributed by atoms with Gasteiger partial charge in [0.05, 0.1) is 31.4 Å². The molecule has 0 saturated carbocycles. The molecule has 0 spiro atoms. The highest BCUT2D eigenvalue weighted by Crippen LogP contribution is 2.49. The molecule has 0 bridgehead atoms. The van der Waals surface area contributed by atoms with E-state index < -0.39 is 5.97 Å². The molecular weight excluding hydrogens is 392 g/mol. The normalized spacial score (nSPS) is 22.8. The van der Waals surface area contributed by atoms with E-state index in [0.29, 0.717) is 29.1 Å². The maximum atomic E-state index is 12.6. The quantitative estimate of drug-likeness (QED) is 0.682. The van der Waals surface area contributed by atoms with Crippen LogP contribution in [-0.4, -0.2) is 44.7 Å². The number of hydrogen-bond acceptors (Lipinski definition) is 6. The molecule has 31 heavy (non-hydrogen) atoms. The second kappa shape index (κ2) is 8.44. The number of likely N-dealkylation sites (N-methyl/N-ethyl adjacent to an activating group) is 1. The van der Waals surface area contributed by atoms with Crippen molar-refractivity contribution in [1.82, 2.24) is 4.90 Å². The fraction of sp³-hybridized carbons (Fsp3) is 0.360. The highest BCUT2D eigenvalue weighted by molar-refractivity contribution is 5.90. The molecular formula is C25H26N2O4. The predicted molar refractivity (Wildman–Crippen MR) is 116 cm³/mol. The molecule has 0 N–H and O–H groups in total. The lowest BCUT2D eigenvalue weighted by Crippen LogP contribution is -2.43. The molecule has 4 rings (SSSR count). The first kappa shape index (κ1) is 21.0. The summed E-state index contributed by atoms with van der Waals surface area (Å²) in [6, 6.07) is 14.9. The number of rotatable bonds is 5. The number of allylic oxidation sites excluding steroid dienone is 1. The Bertz CT molecular complexity index is 1050. The molecule has 1 fully saturated rings. The van der Waals surface area contributed by atoms with Crippen LogP contribution >= 0.6 is 0 Å². The molecule has 2 unspecified atom stereocenters. The first-order valence-electron chi connectivity index (χ1n) is 10.3. The number of esters is 1. The summed E-state index contributed by atoms with van der Waals surface area (Å²) < 4.78 is 16.7. The monoisotopic (exact) mass is 418 g/mol. The van der Waals surface area contributed by atoms with Crippen LogP contribution in [0.3, 0.4) is 0 Å². The highest BCUT2D eigenvalue weighted by Gasteiger charge is 2.49. The van der Waals surface area contributed by atoms with Crippen molar-refractivity contribution in [2.75, 3.05) is 27.8 Å². The van der Waals surface area contributed by atoms with Gasteiger partial charge < -0.3 is 19.1 Å². The first-order chi connectivity index (χ1) is 15.0. The smallest absolute Gasteiger partial charge is 0.343 e. The number of likely N-dealkylation sites (tertiary alicyclic amines) is 1. The number of benzene rings is 2. The Morgan fingerprint density at radius 1 is 1.13 bits per heavy atom. The molecule has 1 saturated heterocycles. The van der Waals surface area contributed by atoms with Crippen LogP contribution in [0.2, 0.25) is 0 Å². The van der Waals surface area contributed by atoms with Crippen molar-refractivity contribution >= 4 is 5.97 Å². The summed E-state index contributed by atoms with van der Waals surface area (Å²) in [6.07, 6.45) is 4.52. The average molecular weight is 418 g/mol. The number of ether oxygens (including phenoxy) is 3. The Balaban J connectivity index is 1.58. The third kappa shape index (κ3) is 3.77. The molecule has 1 aliphatic heterocycles. The Kier molecular flexibility index (Phi) is 5.71.